The van der Waals surface area contributed by atoms with Crippen molar-refractivity contribution in [1.29, 1.82) is 0 Å². The second-order valence-electron chi connectivity index (χ2n) is 4.17. The van der Waals surface area contributed by atoms with Crippen LogP contribution in [-0.4, -0.2) is 24.3 Å². The highest BCUT2D eigenvalue weighted by molar-refractivity contribution is 5.88. The van der Waals surface area contributed by atoms with Gasteiger partial charge in [0.2, 0.25) is 0 Å². The summed E-state index contributed by atoms with van der Waals surface area (Å²) in [7, 11) is 0. The van der Waals surface area contributed by atoms with Gasteiger partial charge in [-0.1, -0.05) is 6.07 Å². The Hall–Kier alpha value is -1.56. The van der Waals surface area contributed by atoms with Gasteiger partial charge in [0.1, 0.15) is 0 Å². The molecule has 0 saturated carbocycles. The second kappa shape index (κ2) is 4.61. The van der Waals surface area contributed by atoms with Crippen LogP contribution in [0.5, 0.6) is 0 Å². The number of halogens is 3. The third kappa shape index (κ3) is 2.48. The first kappa shape index (κ1) is 12.9. The predicted octanol–water partition coefficient (Wildman–Crippen LogP) is 2.91. The summed E-state index contributed by atoms with van der Waals surface area (Å²) in [6, 6.07) is 3.13. The van der Waals surface area contributed by atoms with Crippen molar-refractivity contribution in [2.24, 2.45) is 0 Å². The van der Waals surface area contributed by atoms with Gasteiger partial charge in [0.25, 0.3) is 0 Å². The first-order valence-electron chi connectivity index (χ1n) is 5.42. The largest absolute Gasteiger partial charge is 0.478 e. The maximum atomic E-state index is 12.9. The van der Waals surface area contributed by atoms with Crippen molar-refractivity contribution < 1.29 is 27.8 Å². The minimum Gasteiger partial charge on any atom is -0.478 e. The van der Waals surface area contributed by atoms with Crippen LogP contribution in [0.2, 0.25) is 0 Å². The van der Waals surface area contributed by atoms with Crippen molar-refractivity contribution >= 4 is 5.97 Å². The number of hydrogen-bond acceptors (Lipinski definition) is 2. The fourth-order valence-corrected chi connectivity index (χ4v) is 2.07. The lowest BCUT2D eigenvalue weighted by Crippen LogP contribution is -2.14. The van der Waals surface area contributed by atoms with Crippen LogP contribution < -0.4 is 0 Å². The van der Waals surface area contributed by atoms with Gasteiger partial charge in [0, 0.05) is 12.5 Å². The Bertz CT molecular complexity index is 462. The van der Waals surface area contributed by atoms with Gasteiger partial charge in [-0.25, -0.2) is 4.79 Å². The van der Waals surface area contributed by atoms with E-state index in [-0.39, 0.29) is 23.7 Å². The molecule has 18 heavy (non-hydrogen) atoms. The van der Waals surface area contributed by atoms with E-state index in [0.717, 1.165) is 0 Å². The fraction of sp³-hybridized carbons (Fsp3) is 0.417. The predicted molar refractivity (Wildman–Crippen MR) is 56.6 cm³/mol. The van der Waals surface area contributed by atoms with E-state index in [1.165, 1.54) is 12.1 Å². The van der Waals surface area contributed by atoms with E-state index in [9.17, 15) is 18.0 Å². The summed E-state index contributed by atoms with van der Waals surface area (Å²) in [4.78, 5) is 10.7. The van der Waals surface area contributed by atoms with Gasteiger partial charge in [-0.2, -0.15) is 13.2 Å². The Morgan fingerprint density at radius 2 is 2.11 bits per heavy atom. The van der Waals surface area contributed by atoms with Crippen molar-refractivity contribution in [3.8, 4) is 0 Å². The summed E-state index contributed by atoms with van der Waals surface area (Å²) in [6.07, 6.45) is -4.03. The molecule has 1 heterocycles. The SMILES string of the molecule is O=C(O)c1ccc(C2CCOC2)c(C(F)(F)F)c1. The van der Waals surface area contributed by atoms with Crippen LogP contribution in [-0.2, 0) is 10.9 Å². The number of carboxylic acids is 1. The number of alkyl halides is 3. The van der Waals surface area contributed by atoms with E-state index in [4.69, 9.17) is 9.84 Å². The lowest BCUT2D eigenvalue weighted by molar-refractivity contribution is -0.138. The Kier molecular flexibility index (Phi) is 3.30. The normalized spacial score (nSPS) is 20.1. The Morgan fingerprint density at radius 3 is 2.61 bits per heavy atom. The molecule has 1 aliphatic rings. The maximum Gasteiger partial charge on any atom is 0.416 e. The first-order chi connectivity index (χ1) is 8.39. The summed E-state index contributed by atoms with van der Waals surface area (Å²) >= 11 is 0. The van der Waals surface area contributed by atoms with Crippen molar-refractivity contribution in [2.75, 3.05) is 13.2 Å². The third-order valence-corrected chi connectivity index (χ3v) is 2.98. The number of benzene rings is 1. The van der Waals surface area contributed by atoms with Crippen molar-refractivity contribution in [2.45, 2.75) is 18.5 Å². The monoisotopic (exact) mass is 260 g/mol. The molecule has 3 nitrogen and oxygen atoms in total. The minimum atomic E-state index is -4.55. The molecule has 1 unspecified atom stereocenters. The number of carboxylic acid groups (broad SMARTS) is 1. The van der Waals surface area contributed by atoms with Gasteiger partial charge in [-0.3, -0.25) is 0 Å². The van der Waals surface area contributed by atoms with Gasteiger partial charge >= 0.3 is 12.1 Å². The van der Waals surface area contributed by atoms with Crippen LogP contribution in [0.1, 0.15) is 33.8 Å². The molecular weight excluding hydrogens is 249 g/mol. The molecule has 1 saturated heterocycles. The number of ether oxygens (including phenoxy) is 1. The number of aromatic carboxylic acids is 1. The van der Waals surface area contributed by atoms with Gasteiger partial charge in [0.15, 0.2) is 0 Å². The molecule has 1 aromatic carbocycles. The molecule has 0 radical (unpaired) electrons. The fourth-order valence-electron chi connectivity index (χ4n) is 2.07. The van der Waals surface area contributed by atoms with Crippen LogP contribution >= 0.6 is 0 Å². The molecule has 2 rings (SSSR count). The van der Waals surface area contributed by atoms with Gasteiger partial charge < -0.3 is 9.84 Å². The zero-order valence-electron chi connectivity index (χ0n) is 9.33. The van der Waals surface area contributed by atoms with Crippen molar-refractivity contribution in [3.05, 3.63) is 34.9 Å². The molecule has 1 atom stereocenters. The highest BCUT2D eigenvalue weighted by Gasteiger charge is 2.36. The van der Waals surface area contributed by atoms with Gasteiger partial charge in [-0.15, -0.1) is 0 Å². The zero-order chi connectivity index (χ0) is 13.3. The lowest BCUT2D eigenvalue weighted by Gasteiger charge is -2.17. The van der Waals surface area contributed by atoms with Gasteiger partial charge in [0.05, 0.1) is 17.7 Å². The van der Waals surface area contributed by atoms with Crippen molar-refractivity contribution in [3.63, 3.8) is 0 Å². The summed E-state index contributed by atoms with van der Waals surface area (Å²) in [5, 5.41) is 8.74. The average molecular weight is 260 g/mol. The Morgan fingerprint density at radius 1 is 1.39 bits per heavy atom. The minimum absolute atomic E-state index is 0.116. The Labute approximate surface area is 101 Å². The molecule has 0 aliphatic carbocycles. The van der Waals surface area contributed by atoms with E-state index < -0.39 is 17.7 Å². The quantitative estimate of drug-likeness (QED) is 0.889. The van der Waals surface area contributed by atoms with Crippen LogP contribution in [0.15, 0.2) is 18.2 Å². The van der Waals surface area contributed by atoms with Crippen LogP contribution in [0.25, 0.3) is 0 Å². The topological polar surface area (TPSA) is 46.5 Å². The molecule has 0 aromatic heterocycles. The van der Waals surface area contributed by atoms with Gasteiger partial charge in [-0.05, 0) is 24.1 Å². The zero-order valence-corrected chi connectivity index (χ0v) is 9.33. The van der Waals surface area contributed by atoms with Crippen LogP contribution in [0.3, 0.4) is 0 Å². The third-order valence-electron chi connectivity index (χ3n) is 2.98. The first-order valence-corrected chi connectivity index (χ1v) is 5.42. The lowest BCUT2D eigenvalue weighted by atomic mass is 9.92. The molecule has 0 spiro atoms. The van der Waals surface area contributed by atoms with E-state index in [1.54, 1.807) is 0 Å². The standard InChI is InChI=1S/C12H11F3O3/c13-12(14,15)10-5-7(11(16)17)1-2-9(10)8-3-4-18-6-8/h1-2,5,8H,3-4,6H2,(H,16,17). The van der Waals surface area contributed by atoms with E-state index >= 15 is 0 Å². The molecule has 6 heteroatoms. The summed E-state index contributed by atoms with van der Waals surface area (Å²) in [5.41, 5.74) is -1.12. The van der Waals surface area contributed by atoms with Crippen molar-refractivity contribution in [1.82, 2.24) is 0 Å². The van der Waals surface area contributed by atoms with E-state index in [0.29, 0.717) is 19.1 Å². The second-order valence-corrected chi connectivity index (χ2v) is 4.17. The molecule has 0 bridgehead atoms. The molecule has 1 aliphatic heterocycles. The summed E-state index contributed by atoms with van der Waals surface area (Å²) in [6.45, 7) is 0.679. The van der Waals surface area contributed by atoms with E-state index in [2.05, 4.69) is 0 Å². The molecule has 98 valence electrons. The smallest absolute Gasteiger partial charge is 0.416 e. The molecule has 1 N–H and O–H groups in total. The average Bonchev–Trinajstić information content (AvgIpc) is 2.80. The van der Waals surface area contributed by atoms with Crippen LogP contribution in [0, 0.1) is 0 Å². The molecule has 1 fully saturated rings. The Balaban J connectivity index is 2.48. The van der Waals surface area contributed by atoms with E-state index in [1.807, 2.05) is 0 Å². The summed E-state index contributed by atoms with van der Waals surface area (Å²) < 4.78 is 43.8. The molecule has 1 aromatic rings. The maximum absolute atomic E-state index is 12.9. The summed E-state index contributed by atoms with van der Waals surface area (Å²) in [5.74, 6) is -1.68. The number of carbonyl (C=O) groups is 1. The van der Waals surface area contributed by atoms with Crippen LogP contribution in [0.4, 0.5) is 13.2 Å². The highest BCUT2D eigenvalue weighted by atomic mass is 19.4. The number of rotatable bonds is 2. The highest BCUT2D eigenvalue weighted by Crippen LogP contribution is 2.38. The molecule has 0 amide bonds. The molecular formula is C12H11F3O3. The number of hydrogen-bond donors (Lipinski definition) is 1.